The minimum atomic E-state index is -0.534. The van der Waals surface area contributed by atoms with E-state index in [1.165, 1.54) is 12.1 Å². The van der Waals surface area contributed by atoms with Crippen LogP contribution in [0.1, 0.15) is 28.7 Å². The number of Topliss-reactive ketones (excluding diaryl/α,β-unsaturated/α-hetero) is 1. The van der Waals surface area contributed by atoms with Crippen LogP contribution in [0.15, 0.2) is 22.7 Å². The highest BCUT2D eigenvalue weighted by Gasteiger charge is 2.19. The molecule has 0 fully saturated rings. The lowest BCUT2D eigenvalue weighted by Crippen LogP contribution is -2.11. The molecule has 0 saturated carbocycles. The second-order valence-corrected chi connectivity index (χ2v) is 5.68. The van der Waals surface area contributed by atoms with Gasteiger partial charge in [-0.3, -0.25) is 9.48 Å². The normalized spacial score (nSPS) is 10.8. The van der Waals surface area contributed by atoms with Gasteiger partial charge in [0.25, 0.3) is 0 Å². The lowest BCUT2D eigenvalue weighted by molar-refractivity contribution is 0.0986. The molecule has 0 aliphatic carbocycles. The minimum Gasteiger partial charge on any atom is -0.294 e. The molecule has 106 valence electrons. The summed E-state index contributed by atoms with van der Waals surface area (Å²) in [6, 6.07) is 4.30. The number of benzene rings is 1. The second-order valence-electron chi connectivity index (χ2n) is 4.39. The summed E-state index contributed by atoms with van der Waals surface area (Å²) >= 11 is 9.39. The molecular formula is C14H13BrClFN2O. The van der Waals surface area contributed by atoms with E-state index in [0.29, 0.717) is 27.4 Å². The Morgan fingerprint density at radius 2 is 2.20 bits per heavy atom. The van der Waals surface area contributed by atoms with Crippen molar-refractivity contribution in [3.05, 3.63) is 50.5 Å². The van der Waals surface area contributed by atoms with Crippen molar-refractivity contribution >= 4 is 33.3 Å². The Labute approximate surface area is 129 Å². The predicted molar refractivity (Wildman–Crippen MR) is 79.8 cm³/mol. The van der Waals surface area contributed by atoms with Crippen LogP contribution in [-0.4, -0.2) is 15.6 Å². The molecule has 1 aromatic heterocycles. The number of hydrogen-bond acceptors (Lipinski definition) is 2. The average Bonchev–Trinajstić information content (AvgIpc) is 2.69. The Bertz CT molecular complexity index is 669. The molecule has 20 heavy (non-hydrogen) atoms. The molecule has 0 spiro atoms. The van der Waals surface area contributed by atoms with E-state index in [0.717, 1.165) is 0 Å². The maximum absolute atomic E-state index is 13.7. The third-order valence-electron chi connectivity index (χ3n) is 3.01. The van der Waals surface area contributed by atoms with Gasteiger partial charge in [-0.2, -0.15) is 5.10 Å². The Hall–Kier alpha value is -1.20. The fraction of sp³-hybridized carbons (Fsp3) is 0.286. The first-order valence-electron chi connectivity index (χ1n) is 6.14. The van der Waals surface area contributed by atoms with E-state index < -0.39 is 5.82 Å². The van der Waals surface area contributed by atoms with E-state index in [9.17, 15) is 9.18 Å². The molecule has 3 nitrogen and oxygen atoms in total. The third kappa shape index (κ3) is 2.94. The van der Waals surface area contributed by atoms with Gasteiger partial charge in [-0.05, 0) is 32.0 Å². The molecule has 2 rings (SSSR count). The monoisotopic (exact) mass is 358 g/mol. The molecule has 0 bridgehead atoms. The highest BCUT2D eigenvalue weighted by Crippen LogP contribution is 2.23. The lowest BCUT2D eigenvalue weighted by Gasteiger charge is -2.06. The van der Waals surface area contributed by atoms with E-state index in [-0.39, 0.29) is 17.8 Å². The number of carbonyl (C=O) groups excluding carboxylic acids is 1. The maximum atomic E-state index is 13.7. The van der Waals surface area contributed by atoms with Crippen molar-refractivity contribution in [2.45, 2.75) is 26.8 Å². The van der Waals surface area contributed by atoms with Gasteiger partial charge < -0.3 is 0 Å². The van der Waals surface area contributed by atoms with Crippen LogP contribution in [0.4, 0.5) is 4.39 Å². The van der Waals surface area contributed by atoms with Gasteiger partial charge in [-0.1, -0.05) is 27.5 Å². The molecule has 0 radical (unpaired) electrons. The zero-order valence-corrected chi connectivity index (χ0v) is 13.4. The topological polar surface area (TPSA) is 34.9 Å². The largest absolute Gasteiger partial charge is 0.294 e. The molecule has 0 saturated heterocycles. The summed E-state index contributed by atoms with van der Waals surface area (Å²) < 4.78 is 16.0. The van der Waals surface area contributed by atoms with Gasteiger partial charge in [-0.15, -0.1) is 0 Å². The van der Waals surface area contributed by atoms with E-state index in [1.54, 1.807) is 17.7 Å². The number of carbonyl (C=O) groups is 1. The minimum absolute atomic E-state index is 0.0287. The van der Waals surface area contributed by atoms with Crippen molar-refractivity contribution in [3.8, 4) is 0 Å². The quantitative estimate of drug-likeness (QED) is 0.767. The highest BCUT2D eigenvalue weighted by atomic mass is 79.9. The van der Waals surface area contributed by atoms with Crippen molar-refractivity contribution < 1.29 is 9.18 Å². The third-order valence-corrected chi connectivity index (χ3v) is 3.99. The van der Waals surface area contributed by atoms with Gasteiger partial charge in [0, 0.05) is 11.0 Å². The van der Waals surface area contributed by atoms with E-state index >= 15 is 0 Å². The molecule has 0 aliphatic heterocycles. The Morgan fingerprint density at radius 1 is 1.50 bits per heavy atom. The average molecular weight is 360 g/mol. The van der Waals surface area contributed by atoms with Crippen molar-refractivity contribution in [2.24, 2.45) is 0 Å². The molecular weight excluding hydrogens is 347 g/mol. The number of ketones is 1. The Kier molecular flexibility index (Phi) is 4.60. The first-order valence-corrected chi connectivity index (χ1v) is 7.31. The van der Waals surface area contributed by atoms with Crippen LogP contribution in [0.25, 0.3) is 0 Å². The fourth-order valence-electron chi connectivity index (χ4n) is 2.00. The van der Waals surface area contributed by atoms with Crippen LogP contribution < -0.4 is 0 Å². The van der Waals surface area contributed by atoms with Gasteiger partial charge in [0.1, 0.15) is 5.82 Å². The second kappa shape index (κ2) is 6.06. The molecule has 6 heteroatoms. The molecule has 0 amide bonds. The summed E-state index contributed by atoms with van der Waals surface area (Å²) in [6.07, 6.45) is 0.0287. The molecule has 1 heterocycles. The summed E-state index contributed by atoms with van der Waals surface area (Å²) in [5, 5.41) is 4.71. The summed E-state index contributed by atoms with van der Waals surface area (Å²) in [7, 11) is 0. The summed E-state index contributed by atoms with van der Waals surface area (Å²) in [4.78, 5) is 12.3. The molecule has 0 unspecified atom stereocenters. The van der Waals surface area contributed by atoms with Crippen LogP contribution >= 0.6 is 27.5 Å². The predicted octanol–water partition coefficient (Wildman–Crippen LogP) is 4.19. The van der Waals surface area contributed by atoms with Crippen LogP contribution in [-0.2, 0) is 13.0 Å². The van der Waals surface area contributed by atoms with E-state index in [1.807, 2.05) is 6.92 Å². The number of halogens is 3. The number of aromatic nitrogens is 2. The van der Waals surface area contributed by atoms with E-state index in [4.69, 9.17) is 11.6 Å². The van der Waals surface area contributed by atoms with Crippen molar-refractivity contribution in [1.82, 2.24) is 9.78 Å². The maximum Gasteiger partial charge on any atom is 0.171 e. The van der Waals surface area contributed by atoms with Gasteiger partial charge in [0.05, 0.1) is 28.4 Å². The van der Waals surface area contributed by atoms with Gasteiger partial charge >= 0.3 is 0 Å². The number of hydrogen-bond donors (Lipinski definition) is 0. The zero-order valence-electron chi connectivity index (χ0n) is 11.1. The van der Waals surface area contributed by atoms with E-state index in [2.05, 4.69) is 21.0 Å². The van der Waals surface area contributed by atoms with Crippen LogP contribution in [0.2, 0.25) is 5.02 Å². The molecule has 0 N–H and O–H groups in total. The first kappa shape index (κ1) is 15.2. The SMILES string of the molecule is CCn1nc(C)c(Cl)c1CC(=O)c1cc(Br)ccc1F. The van der Waals surface area contributed by atoms with Crippen molar-refractivity contribution in [3.63, 3.8) is 0 Å². The van der Waals surface area contributed by atoms with Crippen molar-refractivity contribution in [1.29, 1.82) is 0 Å². The molecule has 2 aromatic rings. The molecule has 0 atom stereocenters. The summed E-state index contributed by atoms with van der Waals surface area (Å²) in [5.41, 5.74) is 1.35. The molecule has 1 aromatic carbocycles. The Balaban J connectivity index is 2.35. The molecule has 0 aliphatic rings. The fourth-order valence-corrected chi connectivity index (χ4v) is 2.56. The number of aryl methyl sites for hydroxylation is 2. The first-order chi connectivity index (χ1) is 9.43. The smallest absolute Gasteiger partial charge is 0.171 e. The Morgan fingerprint density at radius 3 is 2.85 bits per heavy atom. The number of nitrogens with zero attached hydrogens (tertiary/aromatic N) is 2. The van der Waals surface area contributed by atoms with Gasteiger partial charge in [0.2, 0.25) is 0 Å². The summed E-state index contributed by atoms with van der Waals surface area (Å²) in [5.74, 6) is -0.853. The van der Waals surface area contributed by atoms with Crippen molar-refractivity contribution in [2.75, 3.05) is 0 Å². The van der Waals surface area contributed by atoms with Crippen LogP contribution in [0, 0.1) is 12.7 Å². The van der Waals surface area contributed by atoms with Gasteiger partial charge in [-0.25, -0.2) is 4.39 Å². The van der Waals surface area contributed by atoms with Crippen LogP contribution in [0.3, 0.4) is 0 Å². The highest BCUT2D eigenvalue weighted by molar-refractivity contribution is 9.10. The summed E-state index contributed by atoms with van der Waals surface area (Å²) in [6.45, 7) is 4.30. The van der Waals surface area contributed by atoms with Gasteiger partial charge in [0.15, 0.2) is 5.78 Å². The lowest BCUT2D eigenvalue weighted by atomic mass is 10.1. The zero-order chi connectivity index (χ0) is 14.9. The number of rotatable bonds is 4. The standard InChI is InChI=1S/C14H13BrClFN2O/c1-3-19-12(14(16)8(2)18-19)7-13(20)10-6-9(15)4-5-11(10)17/h4-6H,3,7H2,1-2H3. The van der Waals surface area contributed by atoms with Crippen LogP contribution in [0.5, 0.6) is 0 Å².